The molecule has 2 aromatic carbocycles. The average Bonchev–Trinajstić information content (AvgIpc) is 2.87. The summed E-state index contributed by atoms with van der Waals surface area (Å²) in [6.45, 7) is 1.96. The fraction of sp³-hybridized carbons (Fsp3) is 0.125. The highest BCUT2D eigenvalue weighted by atomic mass is 32.2. The minimum absolute atomic E-state index is 0.0554. The molecule has 0 aliphatic heterocycles. The van der Waals surface area contributed by atoms with E-state index in [1.165, 1.54) is 35.6 Å². The molecule has 1 N–H and O–H groups in total. The lowest BCUT2D eigenvalue weighted by Crippen LogP contribution is -2.03. The van der Waals surface area contributed by atoms with Crippen molar-refractivity contribution in [1.29, 1.82) is 0 Å². The average molecular weight is 318 g/mol. The Morgan fingerprint density at radius 1 is 1.05 bits per heavy atom. The number of fused-ring (bicyclic) bond motifs is 1. The van der Waals surface area contributed by atoms with Gasteiger partial charge in [0.25, 0.3) is 0 Å². The standard InChI is InChI=1S/C16H14O3S2/c1-2-14-16(13-5-3-4-6-15(13)20-14)21(18,19)12-9-7-11(17)8-10-12/h3-10,17H,2H2,1H3. The summed E-state index contributed by atoms with van der Waals surface area (Å²) < 4.78 is 26.8. The first-order valence-electron chi connectivity index (χ1n) is 6.58. The molecule has 0 saturated heterocycles. The Labute approximate surface area is 127 Å². The number of hydrogen-bond acceptors (Lipinski definition) is 4. The van der Waals surface area contributed by atoms with E-state index < -0.39 is 9.84 Å². The fourth-order valence-corrected chi connectivity index (χ4v) is 5.54. The first kappa shape index (κ1) is 14.1. The van der Waals surface area contributed by atoms with Crippen molar-refractivity contribution in [3.05, 3.63) is 53.4 Å². The molecule has 0 fully saturated rings. The topological polar surface area (TPSA) is 54.4 Å². The van der Waals surface area contributed by atoms with E-state index in [0.717, 1.165) is 15.0 Å². The first-order chi connectivity index (χ1) is 10.0. The maximum atomic E-state index is 12.9. The highest BCUT2D eigenvalue weighted by molar-refractivity contribution is 7.92. The Balaban J connectivity index is 2.30. The van der Waals surface area contributed by atoms with Crippen LogP contribution in [-0.2, 0) is 16.3 Å². The second-order valence-electron chi connectivity index (χ2n) is 4.70. The number of phenolic OH excluding ortho intramolecular Hbond substituents is 1. The van der Waals surface area contributed by atoms with Crippen LogP contribution in [0.15, 0.2) is 58.3 Å². The molecular formula is C16H14O3S2. The van der Waals surface area contributed by atoms with Gasteiger partial charge in [-0.1, -0.05) is 25.1 Å². The molecular weight excluding hydrogens is 304 g/mol. The molecule has 0 atom stereocenters. The number of aryl methyl sites for hydroxylation is 1. The third kappa shape index (κ3) is 2.32. The SMILES string of the molecule is CCc1sc2ccccc2c1S(=O)(=O)c1ccc(O)cc1. The van der Waals surface area contributed by atoms with Crippen LogP contribution in [0, 0.1) is 0 Å². The van der Waals surface area contributed by atoms with E-state index in [0.29, 0.717) is 11.3 Å². The zero-order valence-electron chi connectivity index (χ0n) is 11.4. The predicted molar refractivity (Wildman–Crippen MR) is 84.8 cm³/mol. The number of benzene rings is 2. The van der Waals surface area contributed by atoms with Gasteiger partial charge in [-0.15, -0.1) is 11.3 Å². The van der Waals surface area contributed by atoms with Crippen LogP contribution in [0.25, 0.3) is 10.1 Å². The van der Waals surface area contributed by atoms with Crippen molar-refractivity contribution in [2.75, 3.05) is 0 Å². The molecule has 0 radical (unpaired) electrons. The van der Waals surface area contributed by atoms with Crippen LogP contribution in [0.4, 0.5) is 0 Å². The molecule has 0 aliphatic carbocycles. The first-order valence-corrected chi connectivity index (χ1v) is 8.88. The number of rotatable bonds is 3. The van der Waals surface area contributed by atoms with E-state index in [1.54, 1.807) is 0 Å². The summed E-state index contributed by atoms with van der Waals surface area (Å²) in [7, 11) is -3.58. The lowest BCUT2D eigenvalue weighted by molar-refractivity contribution is 0.475. The van der Waals surface area contributed by atoms with Crippen LogP contribution in [0.1, 0.15) is 11.8 Å². The Morgan fingerprint density at radius 3 is 2.38 bits per heavy atom. The molecule has 0 spiro atoms. The highest BCUT2D eigenvalue weighted by Crippen LogP contribution is 2.38. The number of thiophene rings is 1. The monoisotopic (exact) mass is 318 g/mol. The van der Waals surface area contributed by atoms with Crippen LogP contribution in [0.3, 0.4) is 0 Å². The number of hydrogen-bond donors (Lipinski definition) is 1. The van der Waals surface area contributed by atoms with Crippen molar-refractivity contribution in [3.8, 4) is 5.75 Å². The molecule has 0 amide bonds. The lowest BCUT2D eigenvalue weighted by Gasteiger charge is -2.06. The molecule has 1 aromatic heterocycles. The summed E-state index contributed by atoms with van der Waals surface area (Å²) in [6.07, 6.45) is 0.673. The minimum Gasteiger partial charge on any atom is -0.508 e. The summed E-state index contributed by atoms with van der Waals surface area (Å²) in [5.74, 6) is 0.0554. The summed E-state index contributed by atoms with van der Waals surface area (Å²) >= 11 is 1.52. The Hall–Kier alpha value is -1.85. The van der Waals surface area contributed by atoms with E-state index in [-0.39, 0.29) is 10.6 Å². The Morgan fingerprint density at radius 2 is 1.71 bits per heavy atom. The van der Waals surface area contributed by atoms with Crippen LogP contribution < -0.4 is 0 Å². The van der Waals surface area contributed by atoms with E-state index in [4.69, 9.17) is 0 Å². The molecule has 0 unspecified atom stereocenters. The van der Waals surface area contributed by atoms with Gasteiger partial charge >= 0.3 is 0 Å². The fourth-order valence-electron chi connectivity index (χ4n) is 2.34. The summed E-state index contributed by atoms with van der Waals surface area (Å²) in [6, 6.07) is 13.2. The quantitative estimate of drug-likeness (QED) is 0.794. The van der Waals surface area contributed by atoms with Gasteiger partial charge in [0.1, 0.15) is 5.75 Å². The van der Waals surface area contributed by atoms with Crippen molar-refractivity contribution < 1.29 is 13.5 Å². The van der Waals surface area contributed by atoms with Gasteiger partial charge in [-0.2, -0.15) is 0 Å². The molecule has 108 valence electrons. The predicted octanol–water partition coefficient (Wildman–Crippen LogP) is 4.00. The molecule has 0 saturated carbocycles. The summed E-state index contributed by atoms with van der Waals surface area (Å²) in [4.78, 5) is 1.47. The van der Waals surface area contributed by atoms with E-state index in [9.17, 15) is 13.5 Å². The number of aromatic hydroxyl groups is 1. The van der Waals surface area contributed by atoms with Gasteiger partial charge in [0.15, 0.2) is 0 Å². The van der Waals surface area contributed by atoms with Gasteiger partial charge in [-0.25, -0.2) is 8.42 Å². The van der Waals surface area contributed by atoms with Gasteiger partial charge < -0.3 is 5.11 Å². The molecule has 3 nitrogen and oxygen atoms in total. The zero-order chi connectivity index (χ0) is 15.0. The van der Waals surface area contributed by atoms with Gasteiger partial charge in [-0.3, -0.25) is 0 Å². The van der Waals surface area contributed by atoms with Gasteiger partial charge in [-0.05, 0) is 36.8 Å². The van der Waals surface area contributed by atoms with Crippen LogP contribution in [0.2, 0.25) is 0 Å². The van der Waals surface area contributed by atoms with Gasteiger partial charge in [0.05, 0.1) is 9.79 Å². The Kier molecular flexibility index (Phi) is 3.47. The van der Waals surface area contributed by atoms with Crippen molar-refractivity contribution in [2.45, 2.75) is 23.1 Å². The van der Waals surface area contributed by atoms with Crippen molar-refractivity contribution in [3.63, 3.8) is 0 Å². The molecule has 3 aromatic rings. The van der Waals surface area contributed by atoms with E-state index in [1.807, 2.05) is 31.2 Å². The highest BCUT2D eigenvalue weighted by Gasteiger charge is 2.25. The third-order valence-electron chi connectivity index (χ3n) is 3.35. The lowest BCUT2D eigenvalue weighted by atomic mass is 10.2. The zero-order valence-corrected chi connectivity index (χ0v) is 13.0. The molecule has 0 aliphatic rings. The van der Waals surface area contributed by atoms with Gasteiger partial charge in [0, 0.05) is 15.0 Å². The van der Waals surface area contributed by atoms with Crippen molar-refractivity contribution in [2.24, 2.45) is 0 Å². The van der Waals surface area contributed by atoms with E-state index in [2.05, 4.69) is 0 Å². The van der Waals surface area contributed by atoms with Crippen molar-refractivity contribution in [1.82, 2.24) is 0 Å². The molecule has 0 bridgehead atoms. The van der Waals surface area contributed by atoms with Crippen LogP contribution in [0.5, 0.6) is 5.75 Å². The third-order valence-corrected chi connectivity index (χ3v) is 6.70. The molecule has 1 heterocycles. The number of phenols is 1. The van der Waals surface area contributed by atoms with Crippen LogP contribution in [-0.4, -0.2) is 13.5 Å². The number of sulfone groups is 1. The second-order valence-corrected chi connectivity index (χ2v) is 7.72. The molecule has 5 heteroatoms. The second kappa shape index (κ2) is 5.16. The molecule has 21 heavy (non-hydrogen) atoms. The smallest absolute Gasteiger partial charge is 0.208 e. The van der Waals surface area contributed by atoms with E-state index >= 15 is 0 Å². The van der Waals surface area contributed by atoms with Gasteiger partial charge in [0.2, 0.25) is 9.84 Å². The summed E-state index contributed by atoms with van der Waals surface area (Å²) in [5, 5.41) is 10.1. The van der Waals surface area contributed by atoms with Crippen LogP contribution >= 0.6 is 11.3 Å². The maximum Gasteiger partial charge on any atom is 0.208 e. The molecule has 3 rings (SSSR count). The summed E-state index contributed by atoms with van der Waals surface area (Å²) in [5.41, 5.74) is 0. The Bertz CT molecular complexity index is 891. The largest absolute Gasteiger partial charge is 0.508 e. The maximum absolute atomic E-state index is 12.9. The normalized spacial score (nSPS) is 11.9. The minimum atomic E-state index is -3.58. The van der Waals surface area contributed by atoms with Crippen molar-refractivity contribution >= 4 is 31.3 Å².